The van der Waals surface area contributed by atoms with Crippen LogP contribution in [-0.2, 0) is 9.47 Å². The van der Waals surface area contributed by atoms with Gasteiger partial charge in [0.25, 0.3) is 5.91 Å². The molecule has 2 aromatic rings. The summed E-state index contributed by atoms with van der Waals surface area (Å²) < 4.78 is 11.0. The Kier molecular flexibility index (Phi) is 4.31. The molecule has 130 valence electrons. The Morgan fingerprint density at radius 1 is 1.08 bits per heavy atom. The molecule has 3 heterocycles. The summed E-state index contributed by atoms with van der Waals surface area (Å²) in [6.07, 6.45) is 1.59. The number of hydrogen-bond donors (Lipinski definition) is 3. The first kappa shape index (κ1) is 15.9. The summed E-state index contributed by atoms with van der Waals surface area (Å²) in [5, 5.41) is 15.6. The van der Waals surface area contributed by atoms with Crippen LogP contribution in [0.25, 0.3) is 0 Å². The van der Waals surface area contributed by atoms with Gasteiger partial charge in [-0.3, -0.25) is 4.79 Å². The summed E-state index contributed by atoms with van der Waals surface area (Å²) in [4.78, 5) is 20.7. The molecule has 0 saturated carbocycles. The van der Waals surface area contributed by atoms with Crippen molar-refractivity contribution in [3.8, 4) is 0 Å². The summed E-state index contributed by atoms with van der Waals surface area (Å²) in [6.45, 7) is 0.539. The summed E-state index contributed by atoms with van der Waals surface area (Å²) in [5.41, 5.74) is 1.21. The van der Waals surface area contributed by atoms with E-state index in [-0.39, 0.29) is 30.8 Å². The zero-order valence-corrected chi connectivity index (χ0v) is 13.3. The van der Waals surface area contributed by atoms with E-state index in [4.69, 9.17) is 9.47 Å². The molecule has 8 heteroatoms. The molecule has 0 bridgehead atoms. The van der Waals surface area contributed by atoms with E-state index in [1.807, 2.05) is 30.3 Å². The zero-order chi connectivity index (χ0) is 17.2. The van der Waals surface area contributed by atoms with Gasteiger partial charge in [0.05, 0.1) is 24.8 Å². The van der Waals surface area contributed by atoms with Crippen molar-refractivity contribution in [3.05, 3.63) is 48.3 Å². The third kappa shape index (κ3) is 3.32. The SMILES string of the molecule is O=C(N[C@@H]1CO[C@H]2[C@@H]1OC[C@H]2O)c1cnc(Nc2ccccc2)nc1. The summed E-state index contributed by atoms with van der Waals surface area (Å²) in [6, 6.07) is 9.24. The van der Waals surface area contributed by atoms with Crippen molar-refractivity contribution >= 4 is 17.5 Å². The quantitative estimate of drug-likeness (QED) is 0.742. The first-order valence-corrected chi connectivity index (χ1v) is 8.07. The molecule has 4 atom stereocenters. The topological polar surface area (TPSA) is 106 Å². The maximum Gasteiger partial charge on any atom is 0.254 e. The number of fused-ring (bicyclic) bond motifs is 1. The van der Waals surface area contributed by atoms with Gasteiger partial charge in [-0.2, -0.15) is 0 Å². The third-order valence-electron chi connectivity index (χ3n) is 4.29. The first-order chi connectivity index (χ1) is 12.2. The fourth-order valence-corrected chi connectivity index (χ4v) is 3.01. The average Bonchev–Trinajstić information content (AvgIpc) is 3.20. The van der Waals surface area contributed by atoms with Crippen LogP contribution >= 0.6 is 0 Å². The molecule has 3 N–H and O–H groups in total. The number of hydrogen-bond acceptors (Lipinski definition) is 7. The average molecular weight is 342 g/mol. The number of carbonyl (C=O) groups is 1. The van der Waals surface area contributed by atoms with Crippen LogP contribution in [0.15, 0.2) is 42.7 Å². The molecule has 25 heavy (non-hydrogen) atoms. The standard InChI is InChI=1S/C17H18N4O4/c22-13-9-25-14-12(8-24-15(13)14)21-16(23)10-6-18-17(19-7-10)20-11-4-2-1-3-5-11/h1-7,12-15,22H,8-9H2,(H,21,23)(H,18,19,20)/t12-,13-,14-,15-/m1/s1. The number of rotatable bonds is 4. The highest BCUT2D eigenvalue weighted by molar-refractivity contribution is 5.94. The molecule has 1 amide bonds. The second kappa shape index (κ2) is 6.75. The molecule has 0 aliphatic carbocycles. The Labute approximate surface area is 144 Å². The molecule has 0 radical (unpaired) electrons. The number of carbonyl (C=O) groups excluding carboxylic acids is 1. The minimum Gasteiger partial charge on any atom is -0.388 e. The van der Waals surface area contributed by atoms with Crippen molar-refractivity contribution < 1.29 is 19.4 Å². The molecule has 2 aliphatic rings. The van der Waals surface area contributed by atoms with E-state index in [2.05, 4.69) is 20.6 Å². The van der Waals surface area contributed by atoms with Gasteiger partial charge in [0.2, 0.25) is 5.95 Å². The highest BCUT2D eigenvalue weighted by Crippen LogP contribution is 2.27. The molecule has 2 saturated heterocycles. The summed E-state index contributed by atoms with van der Waals surface area (Å²) in [5.74, 6) is 0.111. The van der Waals surface area contributed by atoms with Crippen LogP contribution in [0.1, 0.15) is 10.4 Å². The van der Waals surface area contributed by atoms with Crippen LogP contribution in [0.2, 0.25) is 0 Å². The lowest BCUT2D eigenvalue weighted by Gasteiger charge is -2.17. The summed E-state index contributed by atoms with van der Waals surface area (Å²) in [7, 11) is 0. The van der Waals surface area contributed by atoms with Crippen molar-refractivity contribution in [2.45, 2.75) is 24.4 Å². The van der Waals surface area contributed by atoms with E-state index in [1.54, 1.807) is 0 Å². The Morgan fingerprint density at radius 2 is 1.80 bits per heavy atom. The van der Waals surface area contributed by atoms with E-state index in [1.165, 1.54) is 12.4 Å². The Morgan fingerprint density at radius 3 is 2.56 bits per heavy atom. The van der Waals surface area contributed by atoms with Gasteiger partial charge >= 0.3 is 0 Å². The van der Waals surface area contributed by atoms with E-state index in [9.17, 15) is 9.90 Å². The van der Waals surface area contributed by atoms with Crippen molar-refractivity contribution in [2.75, 3.05) is 18.5 Å². The van der Waals surface area contributed by atoms with Crippen molar-refractivity contribution in [2.24, 2.45) is 0 Å². The van der Waals surface area contributed by atoms with Crippen LogP contribution in [0.4, 0.5) is 11.6 Å². The molecule has 1 aromatic heterocycles. The second-order valence-corrected chi connectivity index (χ2v) is 6.03. The predicted octanol–water partition coefficient (Wildman–Crippen LogP) is 0.477. The number of ether oxygens (including phenoxy) is 2. The van der Waals surface area contributed by atoms with Gasteiger partial charge in [-0.05, 0) is 12.1 Å². The van der Waals surface area contributed by atoms with Crippen molar-refractivity contribution in [3.63, 3.8) is 0 Å². The normalized spacial score (nSPS) is 27.7. The van der Waals surface area contributed by atoms with E-state index in [0.717, 1.165) is 5.69 Å². The number of para-hydroxylation sites is 1. The lowest BCUT2D eigenvalue weighted by atomic mass is 10.1. The number of aliphatic hydroxyl groups excluding tert-OH is 1. The van der Waals surface area contributed by atoms with E-state index >= 15 is 0 Å². The number of nitrogens with one attached hydrogen (secondary N) is 2. The van der Waals surface area contributed by atoms with Gasteiger partial charge in [-0.25, -0.2) is 9.97 Å². The van der Waals surface area contributed by atoms with Gasteiger partial charge < -0.3 is 25.2 Å². The maximum absolute atomic E-state index is 12.4. The fourth-order valence-electron chi connectivity index (χ4n) is 3.01. The Hall–Kier alpha value is -2.55. The fraction of sp³-hybridized carbons (Fsp3) is 0.353. The number of aliphatic hydroxyl groups is 1. The van der Waals surface area contributed by atoms with Crippen molar-refractivity contribution in [1.82, 2.24) is 15.3 Å². The number of benzene rings is 1. The van der Waals surface area contributed by atoms with Crippen LogP contribution in [-0.4, -0.2) is 58.5 Å². The van der Waals surface area contributed by atoms with Crippen LogP contribution < -0.4 is 10.6 Å². The van der Waals surface area contributed by atoms with Crippen LogP contribution in [0, 0.1) is 0 Å². The second-order valence-electron chi connectivity index (χ2n) is 6.03. The zero-order valence-electron chi connectivity index (χ0n) is 13.3. The van der Waals surface area contributed by atoms with Crippen LogP contribution in [0.3, 0.4) is 0 Å². The monoisotopic (exact) mass is 342 g/mol. The lowest BCUT2D eigenvalue weighted by Crippen LogP contribution is -2.44. The first-order valence-electron chi connectivity index (χ1n) is 8.07. The van der Waals surface area contributed by atoms with Gasteiger partial charge in [0, 0.05) is 18.1 Å². The van der Waals surface area contributed by atoms with E-state index in [0.29, 0.717) is 18.1 Å². The minimum atomic E-state index is -0.640. The molecule has 0 unspecified atom stereocenters. The van der Waals surface area contributed by atoms with Crippen LogP contribution in [0.5, 0.6) is 0 Å². The molecular weight excluding hydrogens is 324 g/mol. The Balaban J connectivity index is 1.38. The highest BCUT2D eigenvalue weighted by atomic mass is 16.6. The number of amides is 1. The maximum atomic E-state index is 12.4. The number of aromatic nitrogens is 2. The number of nitrogens with zero attached hydrogens (tertiary/aromatic N) is 2. The predicted molar refractivity (Wildman–Crippen MR) is 88.5 cm³/mol. The molecule has 0 spiro atoms. The molecule has 1 aromatic carbocycles. The largest absolute Gasteiger partial charge is 0.388 e. The summed E-state index contributed by atoms with van der Waals surface area (Å²) >= 11 is 0. The molecule has 2 fully saturated rings. The highest BCUT2D eigenvalue weighted by Gasteiger charge is 2.47. The molecular formula is C17H18N4O4. The smallest absolute Gasteiger partial charge is 0.254 e. The minimum absolute atomic E-state index is 0.227. The van der Waals surface area contributed by atoms with Gasteiger partial charge in [0.15, 0.2) is 0 Å². The van der Waals surface area contributed by atoms with Crippen molar-refractivity contribution in [1.29, 1.82) is 0 Å². The van der Waals surface area contributed by atoms with E-state index < -0.39 is 6.10 Å². The molecule has 4 rings (SSSR count). The van der Waals surface area contributed by atoms with Gasteiger partial charge in [-0.15, -0.1) is 0 Å². The van der Waals surface area contributed by atoms with Gasteiger partial charge in [-0.1, -0.05) is 18.2 Å². The molecule has 2 aliphatic heterocycles. The lowest BCUT2D eigenvalue weighted by molar-refractivity contribution is 0.0178. The third-order valence-corrected chi connectivity index (χ3v) is 4.29. The number of anilines is 2. The van der Waals surface area contributed by atoms with Gasteiger partial charge in [0.1, 0.15) is 18.3 Å². The Bertz CT molecular complexity index is 740. The molecule has 8 nitrogen and oxygen atoms in total.